The Hall–Kier alpha value is -2.39. The van der Waals surface area contributed by atoms with Gasteiger partial charge in [0.2, 0.25) is 0 Å². The number of carbonyl (C=O) groups excluding carboxylic acids is 1. The number of nitrogens with one attached hydrogen (secondary N) is 1. The predicted octanol–water partition coefficient (Wildman–Crippen LogP) is 3.00. The van der Waals surface area contributed by atoms with Crippen LogP contribution in [0.15, 0.2) is 47.1 Å². The van der Waals surface area contributed by atoms with Crippen molar-refractivity contribution < 1.29 is 9.53 Å². The normalized spacial score (nSPS) is 9.60. The van der Waals surface area contributed by atoms with Crippen molar-refractivity contribution >= 4 is 27.5 Å². The summed E-state index contributed by atoms with van der Waals surface area (Å²) in [4.78, 5) is 16.1. The first-order valence-corrected chi connectivity index (χ1v) is 6.51. The van der Waals surface area contributed by atoms with Crippen LogP contribution in [0.5, 0.6) is 5.75 Å². The van der Waals surface area contributed by atoms with Crippen molar-refractivity contribution in [3.63, 3.8) is 0 Å². The molecule has 0 spiro atoms. The summed E-state index contributed by atoms with van der Waals surface area (Å²) < 4.78 is 5.79. The predicted molar refractivity (Wildman–Crippen MR) is 77.4 cm³/mol. The molecule has 20 heavy (non-hydrogen) atoms. The highest BCUT2D eigenvalue weighted by Gasteiger charge is 2.11. The topological polar surface area (TPSA) is 75.0 Å². The molecule has 0 aliphatic rings. The van der Waals surface area contributed by atoms with Crippen molar-refractivity contribution in [2.24, 2.45) is 0 Å². The molecule has 1 heterocycles. The average molecular weight is 332 g/mol. The number of anilines is 1. The number of aromatic nitrogens is 1. The van der Waals surface area contributed by atoms with Crippen LogP contribution < -0.4 is 10.1 Å². The Morgan fingerprint density at radius 1 is 1.40 bits per heavy atom. The molecule has 1 aromatic carbocycles. The van der Waals surface area contributed by atoms with Gasteiger partial charge in [-0.3, -0.25) is 4.79 Å². The van der Waals surface area contributed by atoms with Crippen LogP contribution in [0.25, 0.3) is 0 Å². The van der Waals surface area contributed by atoms with Gasteiger partial charge in [-0.05, 0) is 40.2 Å². The third-order valence-corrected chi connectivity index (χ3v) is 3.01. The maximum absolute atomic E-state index is 12.1. The van der Waals surface area contributed by atoms with Gasteiger partial charge in [0.05, 0.1) is 0 Å². The third kappa shape index (κ3) is 3.56. The van der Waals surface area contributed by atoms with Crippen LogP contribution in [-0.2, 0) is 0 Å². The quantitative estimate of drug-likeness (QED) is 0.934. The highest BCUT2D eigenvalue weighted by molar-refractivity contribution is 9.10. The molecule has 0 fully saturated rings. The number of carbonyl (C=O) groups is 1. The third-order valence-electron chi connectivity index (χ3n) is 2.37. The van der Waals surface area contributed by atoms with Gasteiger partial charge in [-0.2, -0.15) is 5.26 Å². The van der Waals surface area contributed by atoms with E-state index in [4.69, 9.17) is 10.00 Å². The van der Waals surface area contributed by atoms with Crippen molar-refractivity contribution in [2.45, 2.75) is 0 Å². The van der Waals surface area contributed by atoms with E-state index in [1.807, 2.05) is 6.07 Å². The number of hydrogen-bond donors (Lipinski definition) is 1. The van der Waals surface area contributed by atoms with E-state index in [1.54, 1.807) is 42.6 Å². The number of nitriles is 1. The van der Waals surface area contributed by atoms with Crippen LogP contribution >= 0.6 is 15.9 Å². The second-order valence-electron chi connectivity index (χ2n) is 3.76. The van der Waals surface area contributed by atoms with Crippen LogP contribution in [0.2, 0.25) is 0 Å². The van der Waals surface area contributed by atoms with E-state index < -0.39 is 0 Å². The molecule has 0 unspecified atom stereocenters. The lowest BCUT2D eigenvalue weighted by Crippen LogP contribution is -2.14. The van der Waals surface area contributed by atoms with Gasteiger partial charge in [0, 0.05) is 22.4 Å². The van der Waals surface area contributed by atoms with E-state index in [-0.39, 0.29) is 12.5 Å². The zero-order valence-corrected chi connectivity index (χ0v) is 11.9. The molecule has 0 bridgehead atoms. The van der Waals surface area contributed by atoms with Gasteiger partial charge >= 0.3 is 0 Å². The lowest BCUT2D eigenvalue weighted by Gasteiger charge is -2.07. The molecule has 2 rings (SSSR count). The number of halogens is 1. The first kappa shape index (κ1) is 14.0. The van der Waals surface area contributed by atoms with Gasteiger partial charge in [-0.1, -0.05) is 6.07 Å². The molecular weight excluding hydrogens is 322 g/mol. The molecule has 1 aromatic heterocycles. The average Bonchev–Trinajstić information content (AvgIpc) is 2.46. The Morgan fingerprint density at radius 3 is 3.00 bits per heavy atom. The second-order valence-corrected chi connectivity index (χ2v) is 4.62. The molecule has 0 radical (unpaired) electrons. The van der Waals surface area contributed by atoms with Crippen molar-refractivity contribution in [1.29, 1.82) is 5.26 Å². The maximum atomic E-state index is 12.1. The standard InChI is InChI=1S/C14H10BrN3O2/c15-12-5-2-7-17-13(12)14(19)18-10-3-1-4-11(9-10)20-8-6-16/h1-5,7,9H,8H2,(H,18,19). The second kappa shape index (κ2) is 6.68. The zero-order chi connectivity index (χ0) is 14.4. The molecule has 6 heteroatoms. The van der Waals surface area contributed by atoms with Crippen LogP contribution in [0.3, 0.4) is 0 Å². The summed E-state index contributed by atoms with van der Waals surface area (Å²) in [5, 5.41) is 11.2. The molecule has 100 valence electrons. The summed E-state index contributed by atoms with van der Waals surface area (Å²) in [6, 6.07) is 12.2. The number of rotatable bonds is 4. The first-order chi connectivity index (χ1) is 9.70. The van der Waals surface area contributed by atoms with Crippen LogP contribution in [0.1, 0.15) is 10.5 Å². The fraction of sp³-hybridized carbons (Fsp3) is 0.0714. The van der Waals surface area contributed by atoms with Gasteiger partial charge in [0.1, 0.15) is 17.5 Å². The summed E-state index contributed by atoms with van der Waals surface area (Å²) in [5.41, 5.74) is 0.874. The molecule has 0 aliphatic carbocycles. The van der Waals surface area contributed by atoms with Gasteiger partial charge in [0.15, 0.2) is 6.61 Å². The van der Waals surface area contributed by atoms with Crippen LogP contribution in [-0.4, -0.2) is 17.5 Å². The van der Waals surface area contributed by atoms with Gasteiger partial charge in [-0.25, -0.2) is 4.98 Å². The summed E-state index contributed by atoms with van der Waals surface area (Å²) in [5.74, 6) is 0.194. The van der Waals surface area contributed by atoms with E-state index >= 15 is 0 Å². The smallest absolute Gasteiger partial charge is 0.275 e. The molecule has 1 N–H and O–H groups in total. The Labute approximate surface area is 124 Å². The largest absolute Gasteiger partial charge is 0.479 e. The minimum Gasteiger partial charge on any atom is -0.479 e. The highest BCUT2D eigenvalue weighted by atomic mass is 79.9. The molecule has 5 nitrogen and oxygen atoms in total. The number of pyridine rings is 1. The van der Waals surface area contributed by atoms with E-state index in [2.05, 4.69) is 26.2 Å². The Kier molecular flexibility index (Phi) is 4.69. The minimum atomic E-state index is -0.324. The number of amides is 1. The minimum absolute atomic E-state index is 0.0385. The van der Waals surface area contributed by atoms with Gasteiger partial charge < -0.3 is 10.1 Å². The van der Waals surface area contributed by atoms with Crippen molar-refractivity contribution in [1.82, 2.24) is 4.98 Å². The van der Waals surface area contributed by atoms with Crippen LogP contribution in [0.4, 0.5) is 5.69 Å². The van der Waals surface area contributed by atoms with E-state index in [0.29, 0.717) is 21.6 Å². The zero-order valence-electron chi connectivity index (χ0n) is 10.3. The molecular formula is C14H10BrN3O2. The molecule has 1 amide bonds. The SMILES string of the molecule is N#CCOc1cccc(NC(=O)c2ncccc2Br)c1. The molecule has 0 aliphatic heterocycles. The molecule has 0 atom stereocenters. The summed E-state index contributed by atoms with van der Waals surface area (Å²) in [6.07, 6.45) is 1.55. The molecule has 0 saturated carbocycles. The summed E-state index contributed by atoms with van der Waals surface area (Å²) in [6.45, 7) is -0.0385. The van der Waals surface area contributed by atoms with Gasteiger partial charge in [0.25, 0.3) is 5.91 Å². The van der Waals surface area contributed by atoms with E-state index in [1.165, 1.54) is 0 Å². The summed E-state index contributed by atoms with van der Waals surface area (Å²) >= 11 is 3.27. The summed E-state index contributed by atoms with van der Waals surface area (Å²) in [7, 11) is 0. The number of ether oxygens (including phenoxy) is 1. The number of nitrogens with zero attached hydrogens (tertiary/aromatic N) is 2. The van der Waals surface area contributed by atoms with Crippen LogP contribution in [0, 0.1) is 11.3 Å². The lowest BCUT2D eigenvalue weighted by molar-refractivity contribution is 0.102. The Bertz CT molecular complexity index is 667. The molecule has 0 saturated heterocycles. The maximum Gasteiger partial charge on any atom is 0.275 e. The Balaban J connectivity index is 2.12. The van der Waals surface area contributed by atoms with Crippen molar-refractivity contribution in [3.05, 3.63) is 52.8 Å². The fourth-order valence-electron chi connectivity index (χ4n) is 1.52. The monoisotopic (exact) mass is 331 g/mol. The van der Waals surface area contributed by atoms with Crippen molar-refractivity contribution in [2.75, 3.05) is 11.9 Å². The highest BCUT2D eigenvalue weighted by Crippen LogP contribution is 2.19. The van der Waals surface area contributed by atoms with E-state index in [9.17, 15) is 4.79 Å². The lowest BCUT2D eigenvalue weighted by atomic mass is 10.2. The van der Waals surface area contributed by atoms with Crippen molar-refractivity contribution in [3.8, 4) is 11.8 Å². The Morgan fingerprint density at radius 2 is 2.25 bits per heavy atom. The number of benzene rings is 1. The number of hydrogen-bond acceptors (Lipinski definition) is 4. The first-order valence-electron chi connectivity index (χ1n) is 5.72. The van der Waals surface area contributed by atoms with Gasteiger partial charge in [-0.15, -0.1) is 0 Å². The fourth-order valence-corrected chi connectivity index (χ4v) is 1.96. The van der Waals surface area contributed by atoms with E-state index in [0.717, 1.165) is 0 Å². The molecule has 2 aromatic rings.